The molecular weight excluding hydrogens is 232 g/mol. The molecule has 0 fully saturated rings. The minimum atomic E-state index is -0.870. The molecule has 0 bridgehead atoms. The highest BCUT2D eigenvalue weighted by molar-refractivity contribution is 5.76. The Morgan fingerprint density at radius 2 is 1.78 bits per heavy atom. The molecule has 1 N–H and O–H groups in total. The maximum atomic E-state index is 12.2. The molecule has 0 saturated heterocycles. The van der Waals surface area contributed by atoms with Crippen LogP contribution in [0, 0.1) is 5.92 Å². The molecule has 106 valence electrons. The molecule has 2 amide bonds. The smallest absolute Gasteiger partial charge is 0.319 e. The molecule has 0 saturated carbocycles. The second-order valence-electron chi connectivity index (χ2n) is 4.81. The third kappa shape index (κ3) is 4.94. The van der Waals surface area contributed by atoms with Gasteiger partial charge in [0.15, 0.2) is 0 Å². The highest BCUT2D eigenvalue weighted by atomic mass is 16.4. The van der Waals surface area contributed by atoms with Gasteiger partial charge in [0.2, 0.25) is 0 Å². The number of aliphatic carboxylic acids is 1. The van der Waals surface area contributed by atoms with Gasteiger partial charge in [0.1, 0.15) is 0 Å². The molecule has 2 atom stereocenters. The van der Waals surface area contributed by atoms with Gasteiger partial charge in [-0.2, -0.15) is 0 Å². The second kappa shape index (κ2) is 7.95. The van der Waals surface area contributed by atoms with Crippen LogP contribution in [0.5, 0.6) is 0 Å². The Hall–Kier alpha value is -1.26. The number of rotatable bonds is 7. The van der Waals surface area contributed by atoms with Gasteiger partial charge in [-0.1, -0.05) is 20.3 Å². The molecule has 0 aliphatic rings. The average Bonchev–Trinajstić information content (AvgIpc) is 2.33. The van der Waals surface area contributed by atoms with Crippen molar-refractivity contribution in [1.29, 1.82) is 0 Å². The number of carboxylic acid groups (broad SMARTS) is 1. The minimum absolute atomic E-state index is 0.0912. The van der Waals surface area contributed by atoms with Crippen LogP contribution in [-0.4, -0.2) is 53.1 Å². The van der Waals surface area contributed by atoms with Gasteiger partial charge in [0, 0.05) is 26.2 Å². The summed E-state index contributed by atoms with van der Waals surface area (Å²) in [5.41, 5.74) is 0. The summed E-state index contributed by atoms with van der Waals surface area (Å²) in [6, 6.07) is 0.0863. The fraction of sp³-hybridized carbons (Fsp3) is 0.846. The van der Waals surface area contributed by atoms with Crippen LogP contribution in [-0.2, 0) is 4.79 Å². The molecule has 0 aromatic heterocycles. The summed E-state index contributed by atoms with van der Waals surface area (Å²) in [5, 5.41) is 8.89. The van der Waals surface area contributed by atoms with E-state index in [1.807, 2.05) is 13.8 Å². The molecule has 0 rings (SSSR count). The molecular formula is C13H26N2O3. The molecule has 5 heteroatoms. The van der Waals surface area contributed by atoms with Crippen molar-refractivity contribution in [1.82, 2.24) is 9.80 Å². The van der Waals surface area contributed by atoms with E-state index in [1.54, 1.807) is 23.8 Å². The predicted octanol–water partition coefficient (Wildman–Crippen LogP) is 2.27. The van der Waals surface area contributed by atoms with Gasteiger partial charge in [-0.25, -0.2) is 4.79 Å². The van der Waals surface area contributed by atoms with Crippen molar-refractivity contribution in [2.75, 3.05) is 20.1 Å². The lowest BCUT2D eigenvalue weighted by Crippen LogP contribution is -2.47. The number of urea groups is 1. The zero-order valence-corrected chi connectivity index (χ0v) is 12.1. The highest BCUT2D eigenvalue weighted by Crippen LogP contribution is 2.09. The van der Waals surface area contributed by atoms with E-state index in [4.69, 9.17) is 5.11 Å². The van der Waals surface area contributed by atoms with Crippen LogP contribution < -0.4 is 0 Å². The quantitative estimate of drug-likeness (QED) is 0.762. The Kier molecular flexibility index (Phi) is 7.39. The van der Waals surface area contributed by atoms with Gasteiger partial charge >= 0.3 is 12.0 Å². The summed E-state index contributed by atoms with van der Waals surface area (Å²) in [6.07, 6.45) is 1.98. The molecule has 0 aromatic rings. The summed E-state index contributed by atoms with van der Waals surface area (Å²) in [6.45, 7) is 8.36. The van der Waals surface area contributed by atoms with Crippen LogP contribution in [0.25, 0.3) is 0 Å². The maximum absolute atomic E-state index is 12.2. The van der Waals surface area contributed by atoms with E-state index in [9.17, 15) is 9.59 Å². The van der Waals surface area contributed by atoms with Crippen LogP contribution >= 0.6 is 0 Å². The third-order valence-electron chi connectivity index (χ3n) is 3.24. The topological polar surface area (TPSA) is 60.9 Å². The summed E-state index contributed by atoms with van der Waals surface area (Å²) >= 11 is 0. The van der Waals surface area contributed by atoms with Crippen molar-refractivity contribution < 1.29 is 14.7 Å². The largest absolute Gasteiger partial charge is 0.481 e. The van der Waals surface area contributed by atoms with Crippen LogP contribution in [0.2, 0.25) is 0 Å². The van der Waals surface area contributed by atoms with Crippen molar-refractivity contribution in [3.8, 4) is 0 Å². The fourth-order valence-electron chi connectivity index (χ4n) is 1.77. The first kappa shape index (κ1) is 16.7. The lowest BCUT2D eigenvalue weighted by Gasteiger charge is -2.32. The van der Waals surface area contributed by atoms with Gasteiger partial charge in [0.25, 0.3) is 0 Å². The maximum Gasteiger partial charge on any atom is 0.319 e. The van der Waals surface area contributed by atoms with E-state index < -0.39 is 11.9 Å². The Morgan fingerprint density at radius 3 is 2.17 bits per heavy atom. The van der Waals surface area contributed by atoms with Gasteiger partial charge in [-0.15, -0.1) is 0 Å². The van der Waals surface area contributed by atoms with Crippen molar-refractivity contribution in [2.45, 2.75) is 46.6 Å². The second-order valence-corrected chi connectivity index (χ2v) is 4.81. The Bertz CT molecular complexity index is 281. The Morgan fingerprint density at radius 1 is 1.22 bits per heavy atom. The summed E-state index contributed by atoms with van der Waals surface area (Å²) in [5.74, 6) is -1.41. The van der Waals surface area contributed by atoms with Crippen molar-refractivity contribution in [3.05, 3.63) is 0 Å². The Labute approximate surface area is 110 Å². The first-order valence-electron chi connectivity index (χ1n) is 6.59. The third-order valence-corrected chi connectivity index (χ3v) is 3.24. The first-order chi connectivity index (χ1) is 8.34. The average molecular weight is 258 g/mol. The van der Waals surface area contributed by atoms with E-state index in [1.165, 1.54) is 0 Å². The summed E-state index contributed by atoms with van der Waals surface area (Å²) < 4.78 is 0. The lowest BCUT2D eigenvalue weighted by molar-refractivity contribution is -0.141. The number of carboxylic acids is 1. The number of hydrogen-bond donors (Lipinski definition) is 1. The lowest BCUT2D eigenvalue weighted by atomic mass is 10.1. The van der Waals surface area contributed by atoms with E-state index in [0.29, 0.717) is 6.54 Å². The van der Waals surface area contributed by atoms with Crippen LogP contribution in [0.1, 0.15) is 40.5 Å². The number of hydrogen-bond acceptors (Lipinski definition) is 2. The zero-order valence-electron chi connectivity index (χ0n) is 12.1. The molecule has 0 spiro atoms. The molecule has 0 aromatic carbocycles. The summed E-state index contributed by atoms with van der Waals surface area (Å²) in [4.78, 5) is 26.3. The normalized spacial score (nSPS) is 13.8. The minimum Gasteiger partial charge on any atom is -0.481 e. The number of amides is 2. The molecule has 5 nitrogen and oxygen atoms in total. The van der Waals surface area contributed by atoms with Gasteiger partial charge in [-0.3, -0.25) is 4.79 Å². The van der Waals surface area contributed by atoms with Crippen LogP contribution in [0.3, 0.4) is 0 Å². The summed E-state index contributed by atoms with van der Waals surface area (Å²) in [7, 11) is 1.77. The van der Waals surface area contributed by atoms with E-state index in [-0.39, 0.29) is 18.6 Å². The zero-order chi connectivity index (χ0) is 14.3. The fourth-order valence-corrected chi connectivity index (χ4v) is 1.77. The number of carbonyl (C=O) groups is 2. The van der Waals surface area contributed by atoms with Crippen LogP contribution in [0.15, 0.2) is 0 Å². The molecule has 0 heterocycles. The monoisotopic (exact) mass is 258 g/mol. The number of carbonyl (C=O) groups excluding carboxylic acids is 1. The van der Waals surface area contributed by atoms with E-state index in [0.717, 1.165) is 12.8 Å². The van der Waals surface area contributed by atoms with Crippen LogP contribution in [0.4, 0.5) is 4.79 Å². The molecule has 0 aliphatic carbocycles. The number of nitrogens with zero attached hydrogens (tertiary/aromatic N) is 2. The van der Waals surface area contributed by atoms with Crippen molar-refractivity contribution >= 4 is 12.0 Å². The van der Waals surface area contributed by atoms with Crippen molar-refractivity contribution in [3.63, 3.8) is 0 Å². The molecule has 0 aliphatic heterocycles. The Balaban J connectivity index is 4.55. The standard InChI is InChI=1S/C13H26N2O3/c1-6-8-11(4)14(5)13(18)15(7-2)9-10(3)12(16)17/h10-11H,6-9H2,1-5H3,(H,16,17). The molecule has 2 unspecified atom stereocenters. The predicted molar refractivity (Wildman–Crippen MR) is 71.6 cm³/mol. The first-order valence-corrected chi connectivity index (χ1v) is 6.59. The SMILES string of the molecule is CCCC(C)N(C)C(=O)N(CC)CC(C)C(=O)O. The van der Waals surface area contributed by atoms with Gasteiger partial charge in [-0.05, 0) is 20.3 Å². The van der Waals surface area contributed by atoms with E-state index >= 15 is 0 Å². The molecule has 0 radical (unpaired) electrons. The highest BCUT2D eigenvalue weighted by Gasteiger charge is 2.23. The van der Waals surface area contributed by atoms with Gasteiger partial charge < -0.3 is 14.9 Å². The van der Waals surface area contributed by atoms with E-state index in [2.05, 4.69) is 6.92 Å². The molecule has 18 heavy (non-hydrogen) atoms. The van der Waals surface area contributed by atoms with Crippen molar-refractivity contribution in [2.24, 2.45) is 5.92 Å². The van der Waals surface area contributed by atoms with Gasteiger partial charge in [0.05, 0.1) is 5.92 Å².